The minimum absolute atomic E-state index is 0.222. The number of aromatic nitrogens is 1. The van der Waals surface area contributed by atoms with Crippen molar-refractivity contribution >= 4 is 6.09 Å². The number of piperidine rings is 1. The second-order valence-electron chi connectivity index (χ2n) is 6.57. The molecule has 0 radical (unpaired) electrons. The fourth-order valence-corrected chi connectivity index (χ4v) is 2.94. The van der Waals surface area contributed by atoms with Crippen molar-refractivity contribution in [1.29, 1.82) is 0 Å². The molecule has 138 valence electrons. The topological polar surface area (TPSA) is 42.4 Å². The van der Waals surface area contributed by atoms with Crippen LogP contribution in [0.4, 0.5) is 4.79 Å². The van der Waals surface area contributed by atoms with E-state index in [9.17, 15) is 4.79 Å². The number of hydrogen-bond donors (Lipinski definition) is 0. The molecule has 2 aromatic rings. The monoisotopic (exact) mass is 360 g/mol. The Morgan fingerprint density at radius 3 is 2.67 bits per heavy atom. The van der Waals surface area contributed by atoms with Gasteiger partial charge in [0.25, 0.3) is 0 Å². The van der Waals surface area contributed by atoms with Gasteiger partial charge in [-0.2, -0.15) is 0 Å². The third-order valence-electron chi connectivity index (χ3n) is 4.49. The fourth-order valence-electron chi connectivity index (χ4n) is 2.94. The summed E-state index contributed by atoms with van der Waals surface area (Å²) >= 11 is 0. The van der Waals surface area contributed by atoms with E-state index in [1.807, 2.05) is 61.5 Å². The molecule has 1 aromatic heterocycles. The van der Waals surface area contributed by atoms with Crippen LogP contribution in [-0.4, -0.2) is 35.7 Å². The summed E-state index contributed by atoms with van der Waals surface area (Å²) < 4.78 is 5.40. The van der Waals surface area contributed by atoms with E-state index in [1.54, 1.807) is 4.90 Å². The highest BCUT2D eigenvalue weighted by Crippen LogP contribution is 2.16. The van der Waals surface area contributed by atoms with Crippen molar-refractivity contribution in [3.63, 3.8) is 0 Å². The van der Waals surface area contributed by atoms with E-state index in [2.05, 4.69) is 16.8 Å². The van der Waals surface area contributed by atoms with Gasteiger partial charge in [-0.25, -0.2) is 9.78 Å². The lowest BCUT2D eigenvalue weighted by Crippen LogP contribution is -2.37. The second kappa shape index (κ2) is 9.59. The number of ether oxygens (including phenoxy) is 1. The van der Waals surface area contributed by atoms with Crippen LogP contribution in [0, 0.1) is 18.8 Å². The average molecular weight is 360 g/mol. The van der Waals surface area contributed by atoms with E-state index < -0.39 is 0 Å². The normalized spacial score (nSPS) is 13.5. The number of nitrogens with zero attached hydrogens (tertiary/aromatic N) is 2. The largest absolute Gasteiger partial charge is 0.449 e. The van der Waals surface area contributed by atoms with Gasteiger partial charge in [-0.1, -0.05) is 47.9 Å². The van der Waals surface area contributed by atoms with Crippen molar-refractivity contribution in [2.24, 2.45) is 0 Å². The van der Waals surface area contributed by atoms with Gasteiger partial charge in [0.2, 0.25) is 0 Å². The standard InChI is InChI=1S/C23H24N2O2/c1-19-7-5-11-22(24-19)12-6-10-21-13-16-25(17-14-21)23(26)27-18-15-20-8-3-2-4-9-20/h2-5,7-11H,13-18H2,1H3. The molecule has 1 fully saturated rings. The highest BCUT2D eigenvalue weighted by atomic mass is 16.6. The van der Waals surface area contributed by atoms with E-state index in [4.69, 9.17) is 4.74 Å². The van der Waals surface area contributed by atoms with Crippen molar-refractivity contribution in [3.8, 4) is 11.8 Å². The Morgan fingerprint density at radius 2 is 1.93 bits per heavy atom. The molecule has 4 heteroatoms. The summed E-state index contributed by atoms with van der Waals surface area (Å²) in [5.74, 6) is 6.15. The maximum absolute atomic E-state index is 12.2. The third kappa shape index (κ3) is 6.00. The number of hydrogen-bond acceptors (Lipinski definition) is 3. The first-order chi connectivity index (χ1) is 13.2. The quantitative estimate of drug-likeness (QED) is 0.773. The summed E-state index contributed by atoms with van der Waals surface area (Å²) in [6, 6.07) is 15.9. The molecular formula is C23H24N2O2. The molecule has 1 saturated heterocycles. The van der Waals surface area contributed by atoms with Crippen LogP contribution in [0.2, 0.25) is 0 Å². The average Bonchev–Trinajstić information content (AvgIpc) is 2.69. The van der Waals surface area contributed by atoms with Gasteiger partial charge in [-0.15, -0.1) is 0 Å². The smallest absolute Gasteiger partial charge is 0.409 e. The minimum atomic E-state index is -0.222. The second-order valence-corrected chi connectivity index (χ2v) is 6.57. The molecule has 0 unspecified atom stereocenters. The molecule has 3 rings (SSSR count). The molecule has 1 aliphatic heterocycles. The highest BCUT2D eigenvalue weighted by molar-refractivity contribution is 5.67. The van der Waals surface area contributed by atoms with Gasteiger partial charge < -0.3 is 9.64 Å². The van der Waals surface area contributed by atoms with Gasteiger partial charge in [0, 0.05) is 25.2 Å². The minimum Gasteiger partial charge on any atom is -0.449 e. The maximum Gasteiger partial charge on any atom is 0.409 e. The summed E-state index contributed by atoms with van der Waals surface area (Å²) in [5.41, 5.74) is 4.19. The van der Waals surface area contributed by atoms with Crippen LogP contribution in [0.5, 0.6) is 0 Å². The van der Waals surface area contributed by atoms with Crippen molar-refractivity contribution in [3.05, 3.63) is 77.1 Å². The molecule has 1 aliphatic rings. The van der Waals surface area contributed by atoms with Gasteiger partial charge in [0.15, 0.2) is 0 Å². The van der Waals surface area contributed by atoms with E-state index in [-0.39, 0.29) is 6.09 Å². The lowest BCUT2D eigenvalue weighted by molar-refractivity contribution is 0.100. The number of carbonyl (C=O) groups excluding carboxylic acids is 1. The highest BCUT2D eigenvalue weighted by Gasteiger charge is 2.19. The Labute approximate surface area is 160 Å². The molecule has 27 heavy (non-hydrogen) atoms. The summed E-state index contributed by atoms with van der Waals surface area (Å²) in [5, 5.41) is 0. The number of aryl methyl sites for hydroxylation is 1. The molecule has 0 atom stereocenters. The molecular weight excluding hydrogens is 336 g/mol. The molecule has 1 aromatic carbocycles. The van der Waals surface area contributed by atoms with Gasteiger partial charge >= 0.3 is 6.09 Å². The summed E-state index contributed by atoms with van der Waals surface area (Å²) in [6.45, 7) is 3.73. The summed E-state index contributed by atoms with van der Waals surface area (Å²) in [6.07, 6.45) is 4.16. The Hall–Kier alpha value is -3.06. The Kier molecular flexibility index (Phi) is 6.65. The number of pyridine rings is 1. The maximum atomic E-state index is 12.2. The van der Waals surface area contributed by atoms with Crippen molar-refractivity contribution in [2.75, 3.05) is 19.7 Å². The first-order valence-corrected chi connectivity index (χ1v) is 9.29. The van der Waals surface area contributed by atoms with Crippen LogP contribution in [0.3, 0.4) is 0 Å². The SMILES string of the molecule is Cc1cccc(C#CC=C2CCN(C(=O)OCCc3ccccc3)CC2)n1. The molecule has 0 N–H and O–H groups in total. The Bertz CT molecular complexity index is 853. The first-order valence-electron chi connectivity index (χ1n) is 9.29. The number of rotatable bonds is 3. The van der Waals surface area contributed by atoms with Crippen LogP contribution in [0.25, 0.3) is 0 Å². The predicted molar refractivity (Wildman–Crippen MR) is 106 cm³/mol. The summed E-state index contributed by atoms with van der Waals surface area (Å²) in [7, 11) is 0. The van der Waals surface area contributed by atoms with E-state index in [1.165, 1.54) is 11.1 Å². The van der Waals surface area contributed by atoms with Crippen LogP contribution >= 0.6 is 0 Å². The van der Waals surface area contributed by atoms with Crippen molar-refractivity contribution in [2.45, 2.75) is 26.2 Å². The Balaban J connectivity index is 1.42. The molecule has 4 nitrogen and oxygen atoms in total. The number of benzene rings is 1. The zero-order valence-corrected chi connectivity index (χ0v) is 15.6. The van der Waals surface area contributed by atoms with E-state index in [0.29, 0.717) is 19.7 Å². The molecule has 1 amide bonds. The van der Waals surface area contributed by atoms with Crippen LogP contribution in [-0.2, 0) is 11.2 Å². The zero-order valence-electron chi connectivity index (χ0n) is 15.6. The van der Waals surface area contributed by atoms with Gasteiger partial charge in [-0.3, -0.25) is 0 Å². The van der Waals surface area contributed by atoms with Gasteiger partial charge in [-0.05, 0) is 49.5 Å². The number of likely N-dealkylation sites (tertiary alicyclic amines) is 1. The van der Waals surface area contributed by atoms with Crippen molar-refractivity contribution < 1.29 is 9.53 Å². The molecule has 0 saturated carbocycles. The summed E-state index contributed by atoms with van der Waals surface area (Å²) in [4.78, 5) is 18.3. The lowest BCUT2D eigenvalue weighted by Gasteiger charge is -2.27. The van der Waals surface area contributed by atoms with Crippen LogP contribution < -0.4 is 0 Å². The zero-order chi connectivity index (χ0) is 18.9. The van der Waals surface area contributed by atoms with Crippen LogP contribution in [0.15, 0.2) is 60.2 Å². The first kappa shape index (κ1) is 18.7. The molecule has 0 aliphatic carbocycles. The van der Waals surface area contributed by atoms with Gasteiger partial charge in [0.1, 0.15) is 5.69 Å². The fraction of sp³-hybridized carbons (Fsp3) is 0.304. The Morgan fingerprint density at radius 1 is 1.15 bits per heavy atom. The molecule has 0 bridgehead atoms. The lowest BCUT2D eigenvalue weighted by atomic mass is 10.0. The molecule has 2 heterocycles. The van der Waals surface area contributed by atoms with E-state index in [0.717, 1.165) is 30.7 Å². The predicted octanol–water partition coefficient (Wildman–Crippen LogP) is 4.14. The van der Waals surface area contributed by atoms with Gasteiger partial charge in [0.05, 0.1) is 6.61 Å². The van der Waals surface area contributed by atoms with Crippen molar-refractivity contribution in [1.82, 2.24) is 9.88 Å². The number of carbonyl (C=O) groups is 1. The third-order valence-corrected chi connectivity index (χ3v) is 4.49. The number of allylic oxidation sites excluding steroid dienone is 1. The number of amides is 1. The van der Waals surface area contributed by atoms with Crippen LogP contribution in [0.1, 0.15) is 29.8 Å². The molecule has 0 spiro atoms. The van der Waals surface area contributed by atoms with E-state index >= 15 is 0 Å².